The molecule has 1 saturated carbocycles. The largest absolute Gasteiger partial charge is 0.493 e. The molecule has 1 aliphatic rings. The highest BCUT2D eigenvalue weighted by atomic mass is 16.5. The predicted octanol–water partition coefficient (Wildman–Crippen LogP) is 2.57. The lowest BCUT2D eigenvalue weighted by Gasteiger charge is -2.09. The van der Waals surface area contributed by atoms with E-state index in [4.69, 9.17) is 4.74 Å². The molecule has 0 amide bonds. The van der Waals surface area contributed by atoms with E-state index >= 15 is 0 Å². The van der Waals surface area contributed by atoms with E-state index in [9.17, 15) is 4.79 Å². The third kappa shape index (κ3) is 2.54. The summed E-state index contributed by atoms with van der Waals surface area (Å²) in [7, 11) is 1.38. The zero-order valence-electron chi connectivity index (χ0n) is 9.66. The molecule has 16 heavy (non-hydrogen) atoms. The quantitative estimate of drug-likeness (QED) is 0.731. The van der Waals surface area contributed by atoms with Gasteiger partial charge in [0.25, 0.3) is 0 Å². The minimum Gasteiger partial charge on any atom is -0.493 e. The maximum Gasteiger partial charge on any atom is 0.337 e. The van der Waals surface area contributed by atoms with Crippen LogP contribution in [0.25, 0.3) is 0 Å². The zero-order chi connectivity index (χ0) is 11.5. The van der Waals surface area contributed by atoms with Gasteiger partial charge in [-0.1, -0.05) is 0 Å². The van der Waals surface area contributed by atoms with Gasteiger partial charge in [0.15, 0.2) is 0 Å². The Balaban J connectivity index is 2.05. The zero-order valence-corrected chi connectivity index (χ0v) is 9.66. The van der Waals surface area contributed by atoms with Crippen LogP contribution in [-0.4, -0.2) is 19.7 Å². The van der Waals surface area contributed by atoms with E-state index in [2.05, 4.69) is 4.74 Å². The first kappa shape index (κ1) is 11.0. The number of carbonyl (C=O) groups excluding carboxylic acids is 1. The first-order chi connectivity index (χ1) is 7.70. The molecule has 0 N–H and O–H groups in total. The number of aryl methyl sites for hydroxylation is 1. The van der Waals surface area contributed by atoms with Crippen molar-refractivity contribution in [2.24, 2.45) is 5.92 Å². The van der Waals surface area contributed by atoms with Gasteiger partial charge in [0, 0.05) is 0 Å². The molecule has 1 aromatic rings. The summed E-state index contributed by atoms with van der Waals surface area (Å²) in [6, 6.07) is 5.37. The molecule has 0 aliphatic heterocycles. The highest BCUT2D eigenvalue weighted by Gasteiger charge is 2.22. The third-order valence-electron chi connectivity index (χ3n) is 2.77. The smallest absolute Gasteiger partial charge is 0.337 e. The molecule has 0 saturated heterocycles. The van der Waals surface area contributed by atoms with Gasteiger partial charge in [-0.15, -0.1) is 0 Å². The Morgan fingerprint density at radius 3 is 2.75 bits per heavy atom. The second kappa shape index (κ2) is 4.56. The summed E-state index contributed by atoms with van der Waals surface area (Å²) >= 11 is 0. The Hall–Kier alpha value is -1.51. The maximum absolute atomic E-state index is 11.3. The van der Waals surface area contributed by atoms with Crippen molar-refractivity contribution in [2.45, 2.75) is 19.8 Å². The molecule has 1 fully saturated rings. The van der Waals surface area contributed by atoms with Gasteiger partial charge in [-0.05, 0) is 49.4 Å². The van der Waals surface area contributed by atoms with E-state index in [0.29, 0.717) is 5.56 Å². The lowest BCUT2D eigenvalue weighted by molar-refractivity contribution is 0.0600. The predicted molar refractivity (Wildman–Crippen MR) is 60.7 cm³/mol. The van der Waals surface area contributed by atoms with Gasteiger partial charge in [0.2, 0.25) is 0 Å². The second-order valence-electron chi connectivity index (χ2n) is 4.23. The Morgan fingerprint density at radius 2 is 2.19 bits per heavy atom. The van der Waals surface area contributed by atoms with Gasteiger partial charge in [0.1, 0.15) is 5.75 Å². The standard InChI is InChI=1S/C13H16O3/c1-9-7-11(13(14)15-2)5-6-12(9)16-8-10-3-4-10/h5-7,10H,3-4,8H2,1-2H3. The fourth-order valence-electron chi connectivity index (χ4n) is 1.55. The van der Waals surface area contributed by atoms with Crippen LogP contribution in [0.2, 0.25) is 0 Å². The Morgan fingerprint density at radius 1 is 1.44 bits per heavy atom. The Kier molecular flexibility index (Phi) is 3.13. The van der Waals surface area contributed by atoms with Crippen molar-refractivity contribution >= 4 is 5.97 Å². The number of carbonyl (C=O) groups is 1. The van der Waals surface area contributed by atoms with E-state index in [1.54, 1.807) is 12.1 Å². The summed E-state index contributed by atoms with van der Waals surface area (Å²) in [5, 5.41) is 0. The molecular weight excluding hydrogens is 204 g/mol. The average molecular weight is 220 g/mol. The molecule has 3 nitrogen and oxygen atoms in total. The molecule has 3 heteroatoms. The van der Waals surface area contributed by atoms with Crippen molar-refractivity contribution in [2.75, 3.05) is 13.7 Å². The molecule has 1 aliphatic carbocycles. The summed E-state index contributed by atoms with van der Waals surface area (Å²) in [6.07, 6.45) is 2.55. The number of benzene rings is 1. The minimum absolute atomic E-state index is 0.308. The van der Waals surface area contributed by atoms with Crippen molar-refractivity contribution in [1.82, 2.24) is 0 Å². The summed E-state index contributed by atoms with van der Waals surface area (Å²) in [4.78, 5) is 11.3. The van der Waals surface area contributed by atoms with Gasteiger partial charge in [-0.3, -0.25) is 0 Å². The summed E-state index contributed by atoms with van der Waals surface area (Å²) in [6.45, 7) is 2.73. The van der Waals surface area contributed by atoms with Crippen LogP contribution in [0.1, 0.15) is 28.8 Å². The first-order valence-corrected chi connectivity index (χ1v) is 5.52. The van der Waals surface area contributed by atoms with Crippen molar-refractivity contribution in [3.63, 3.8) is 0 Å². The molecule has 86 valence electrons. The Labute approximate surface area is 95.4 Å². The molecule has 0 unspecified atom stereocenters. The molecule has 0 aromatic heterocycles. The van der Waals surface area contributed by atoms with Gasteiger partial charge in [-0.25, -0.2) is 4.79 Å². The highest BCUT2D eigenvalue weighted by molar-refractivity contribution is 5.89. The van der Waals surface area contributed by atoms with E-state index < -0.39 is 0 Å². The number of esters is 1. The van der Waals surface area contributed by atoms with Crippen LogP contribution >= 0.6 is 0 Å². The topological polar surface area (TPSA) is 35.5 Å². The third-order valence-corrected chi connectivity index (χ3v) is 2.77. The summed E-state index contributed by atoms with van der Waals surface area (Å²) in [5.74, 6) is 1.29. The lowest BCUT2D eigenvalue weighted by Crippen LogP contribution is -2.04. The van der Waals surface area contributed by atoms with Crippen LogP contribution in [0.15, 0.2) is 18.2 Å². The van der Waals surface area contributed by atoms with E-state index in [1.165, 1.54) is 20.0 Å². The summed E-state index contributed by atoms with van der Waals surface area (Å²) < 4.78 is 10.3. The number of ether oxygens (including phenoxy) is 2. The van der Waals surface area contributed by atoms with Crippen molar-refractivity contribution < 1.29 is 14.3 Å². The molecular formula is C13H16O3. The van der Waals surface area contributed by atoms with Crippen LogP contribution < -0.4 is 4.74 Å². The van der Waals surface area contributed by atoms with Crippen LogP contribution in [0.4, 0.5) is 0 Å². The molecule has 0 heterocycles. The molecule has 1 aromatic carbocycles. The van der Waals surface area contributed by atoms with Crippen molar-refractivity contribution in [1.29, 1.82) is 0 Å². The van der Waals surface area contributed by atoms with Crippen molar-refractivity contribution in [3.05, 3.63) is 29.3 Å². The molecule has 0 spiro atoms. The highest BCUT2D eigenvalue weighted by Crippen LogP contribution is 2.30. The average Bonchev–Trinajstić information content (AvgIpc) is 3.10. The molecule has 0 bridgehead atoms. The van der Waals surface area contributed by atoms with Gasteiger partial charge in [0.05, 0.1) is 19.3 Å². The van der Waals surface area contributed by atoms with Crippen LogP contribution in [-0.2, 0) is 4.74 Å². The number of hydrogen-bond acceptors (Lipinski definition) is 3. The first-order valence-electron chi connectivity index (χ1n) is 5.52. The SMILES string of the molecule is COC(=O)c1ccc(OCC2CC2)c(C)c1. The van der Waals surface area contributed by atoms with E-state index in [0.717, 1.165) is 23.8 Å². The van der Waals surface area contributed by atoms with Gasteiger partial charge < -0.3 is 9.47 Å². The molecule has 0 atom stereocenters. The number of rotatable bonds is 4. The van der Waals surface area contributed by atoms with Crippen LogP contribution in [0, 0.1) is 12.8 Å². The van der Waals surface area contributed by atoms with Crippen molar-refractivity contribution in [3.8, 4) is 5.75 Å². The van der Waals surface area contributed by atoms with Crippen LogP contribution in [0.5, 0.6) is 5.75 Å². The molecule has 2 rings (SSSR count). The summed E-state index contributed by atoms with van der Waals surface area (Å²) in [5.41, 5.74) is 1.54. The van der Waals surface area contributed by atoms with Gasteiger partial charge in [-0.2, -0.15) is 0 Å². The number of methoxy groups -OCH3 is 1. The van der Waals surface area contributed by atoms with Crippen LogP contribution in [0.3, 0.4) is 0 Å². The lowest BCUT2D eigenvalue weighted by atomic mass is 10.1. The van der Waals surface area contributed by atoms with Gasteiger partial charge >= 0.3 is 5.97 Å². The monoisotopic (exact) mass is 220 g/mol. The normalized spacial score (nSPS) is 14.6. The van der Waals surface area contributed by atoms with E-state index in [1.807, 2.05) is 13.0 Å². The molecule has 0 radical (unpaired) electrons. The number of hydrogen-bond donors (Lipinski definition) is 0. The Bertz CT molecular complexity index is 394. The second-order valence-corrected chi connectivity index (χ2v) is 4.23. The maximum atomic E-state index is 11.3. The van der Waals surface area contributed by atoms with E-state index in [-0.39, 0.29) is 5.97 Å². The fraction of sp³-hybridized carbons (Fsp3) is 0.462. The minimum atomic E-state index is -0.308. The fourth-order valence-corrected chi connectivity index (χ4v) is 1.55.